The zero-order valence-corrected chi connectivity index (χ0v) is 12.1. The summed E-state index contributed by atoms with van der Waals surface area (Å²) >= 11 is 3.41. The molecule has 0 spiro atoms. The summed E-state index contributed by atoms with van der Waals surface area (Å²) in [6.45, 7) is 3.00. The Labute approximate surface area is 116 Å². The first kappa shape index (κ1) is 13.9. The molecule has 5 heteroatoms. The molecule has 0 aromatic carbocycles. The fourth-order valence-corrected chi connectivity index (χ4v) is 4.42. The van der Waals surface area contributed by atoms with E-state index in [1.54, 1.807) is 6.07 Å². The first-order valence-corrected chi connectivity index (χ1v) is 8.24. The maximum Gasteiger partial charge on any atom is 0.345 e. The molecule has 0 bridgehead atoms. The average molecular weight is 285 g/mol. The van der Waals surface area contributed by atoms with Gasteiger partial charge < -0.3 is 10.4 Å². The number of rotatable bonds is 6. The van der Waals surface area contributed by atoms with E-state index in [1.807, 2.05) is 17.8 Å². The fourth-order valence-electron chi connectivity index (χ4n) is 2.39. The molecule has 100 valence electrons. The Morgan fingerprint density at radius 1 is 1.56 bits per heavy atom. The van der Waals surface area contributed by atoms with Gasteiger partial charge in [0.2, 0.25) is 0 Å². The summed E-state index contributed by atoms with van der Waals surface area (Å²) in [7, 11) is 0. The second-order valence-electron chi connectivity index (χ2n) is 4.48. The number of hydrogen-bond donors (Lipinski definition) is 2. The maximum atomic E-state index is 10.8. The fraction of sp³-hybridized carbons (Fsp3) is 0.615. The predicted molar refractivity (Wildman–Crippen MR) is 77.7 cm³/mol. The molecule has 1 saturated carbocycles. The van der Waals surface area contributed by atoms with Crippen LogP contribution in [0.1, 0.15) is 40.7 Å². The highest BCUT2D eigenvalue weighted by molar-refractivity contribution is 7.99. The lowest BCUT2D eigenvalue weighted by molar-refractivity contribution is 0.0702. The van der Waals surface area contributed by atoms with E-state index >= 15 is 0 Å². The number of nitrogens with one attached hydrogen (secondary N) is 1. The van der Waals surface area contributed by atoms with Crippen molar-refractivity contribution in [3.05, 3.63) is 21.9 Å². The average Bonchev–Trinajstić information content (AvgIpc) is 2.95. The van der Waals surface area contributed by atoms with Crippen molar-refractivity contribution in [2.45, 2.75) is 44.0 Å². The van der Waals surface area contributed by atoms with Gasteiger partial charge in [-0.15, -0.1) is 11.3 Å². The molecule has 0 amide bonds. The van der Waals surface area contributed by atoms with Crippen molar-refractivity contribution in [2.24, 2.45) is 0 Å². The van der Waals surface area contributed by atoms with Gasteiger partial charge in [-0.25, -0.2) is 4.79 Å². The lowest BCUT2D eigenvalue weighted by atomic mass is 10.2. The van der Waals surface area contributed by atoms with Crippen LogP contribution in [-0.4, -0.2) is 28.1 Å². The lowest BCUT2D eigenvalue weighted by Crippen LogP contribution is -2.33. The van der Waals surface area contributed by atoms with Gasteiger partial charge in [-0.3, -0.25) is 0 Å². The molecule has 1 aliphatic rings. The van der Waals surface area contributed by atoms with Gasteiger partial charge in [0.25, 0.3) is 0 Å². The molecular weight excluding hydrogens is 266 g/mol. The third-order valence-corrected chi connectivity index (χ3v) is 5.64. The van der Waals surface area contributed by atoms with Gasteiger partial charge in [0.1, 0.15) is 4.88 Å². The molecule has 0 saturated heterocycles. The molecule has 0 radical (unpaired) electrons. The van der Waals surface area contributed by atoms with Crippen molar-refractivity contribution >= 4 is 29.1 Å². The molecule has 1 heterocycles. The van der Waals surface area contributed by atoms with Crippen molar-refractivity contribution in [3.63, 3.8) is 0 Å². The van der Waals surface area contributed by atoms with Crippen LogP contribution in [0.4, 0.5) is 0 Å². The van der Waals surface area contributed by atoms with Gasteiger partial charge in [-0.05, 0) is 30.7 Å². The van der Waals surface area contributed by atoms with Crippen molar-refractivity contribution in [3.8, 4) is 0 Å². The summed E-state index contributed by atoms with van der Waals surface area (Å²) < 4.78 is 0. The smallest absolute Gasteiger partial charge is 0.345 e. The summed E-state index contributed by atoms with van der Waals surface area (Å²) in [5.41, 5.74) is 0. The standard InChI is InChI=1S/C13H19NO2S2/c1-2-17-11-5-3-4-10(11)14-8-9-6-7-12(18-9)13(15)16/h6-7,10-11,14H,2-5,8H2,1H3,(H,15,16). The van der Waals surface area contributed by atoms with Crippen molar-refractivity contribution in [1.82, 2.24) is 5.32 Å². The van der Waals surface area contributed by atoms with Crippen molar-refractivity contribution in [1.29, 1.82) is 0 Å². The van der Waals surface area contributed by atoms with E-state index in [0.29, 0.717) is 10.9 Å². The molecule has 0 aliphatic heterocycles. The summed E-state index contributed by atoms with van der Waals surface area (Å²) in [6.07, 6.45) is 3.86. The van der Waals surface area contributed by atoms with Gasteiger partial charge in [0, 0.05) is 22.7 Å². The summed E-state index contributed by atoms with van der Waals surface area (Å²) in [4.78, 5) is 12.3. The number of thiophene rings is 1. The first-order valence-electron chi connectivity index (χ1n) is 6.37. The van der Waals surface area contributed by atoms with Crippen LogP contribution in [0.15, 0.2) is 12.1 Å². The Kier molecular flexibility index (Phi) is 5.09. The molecule has 1 aromatic rings. The Balaban J connectivity index is 1.84. The zero-order chi connectivity index (χ0) is 13.0. The molecule has 1 aliphatic carbocycles. The van der Waals surface area contributed by atoms with Gasteiger partial charge in [-0.1, -0.05) is 13.3 Å². The molecule has 3 nitrogen and oxygen atoms in total. The van der Waals surface area contributed by atoms with Crippen LogP contribution in [0.3, 0.4) is 0 Å². The van der Waals surface area contributed by atoms with Crippen LogP contribution in [0, 0.1) is 0 Å². The number of thioether (sulfide) groups is 1. The highest BCUT2D eigenvalue weighted by Gasteiger charge is 2.26. The number of hydrogen-bond acceptors (Lipinski definition) is 4. The number of aromatic carboxylic acids is 1. The predicted octanol–water partition coefficient (Wildman–Crippen LogP) is 3.21. The van der Waals surface area contributed by atoms with Gasteiger partial charge in [0.05, 0.1) is 0 Å². The number of carboxylic acid groups (broad SMARTS) is 1. The Hall–Kier alpha value is -0.520. The highest BCUT2D eigenvalue weighted by atomic mass is 32.2. The van der Waals surface area contributed by atoms with E-state index in [2.05, 4.69) is 12.2 Å². The first-order chi connectivity index (χ1) is 8.70. The maximum absolute atomic E-state index is 10.8. The normalized spacial score (nSPS) is 23.4. The molecule has 1 fully saturated rings. The Bertz CT molecular complexity index is 405. The largest absolute Gasteiger partial charge is 0.477 e. The Morgan fingerprint density at radius 3 is 3.06 bits per heavy atom. The van der Waals surface area contributed by atoms with Crippen LogP contribution < -0.4 is 5.32 Å². The zero-order valence-electron chi connectivity index (χ0n) is 10.5. The molecule has 2 N–H and O–H groups in total. The quantitative estimate of drug-likeness (QED) is 0.842. The highest BCUT2D eigenvalue weighted by Crippen LogP contribution is 2.30. The third kappa shape index (κ3) is 3.49. The van der Waals surface area contributed by atoms with E-state index in [0.717, 1.165) is 16.7 Å². The summed E-state index contributed by atoms with van der Waals surface area (Å²) in [5.74, 6) is 0.344. The molecule has 2 unspecified atom stereocenters. The minimum Gasteiger partial charge on any atom is -0.477 e. The summed E-state index contributed by atoms with van der Waals surface area (Å²) in [6, 6.07) is 4.19. The number of carboxylic acids is 1. The van der Waals surface area contributed by atoms with Crippen LogP contribution in [0.25, 0.3) is 0 Å². The van der Waals surface area contributed by atoms with Crippen LogP contribution in [-0.2, 0) is 6.54 Å². The third-order valence-electron chi connectivity index (χ3n) is 3.24. The molecule has 1 aromatic heterocycles. The molecular formula is C13H19NO2S2. The lowest BCUT2D eigenvalue weighted by Gasteiger charge is -2.19. The van der Waals surface area contributed by atoms with Crippen LogP contribution >= 0.6 is 23.1 Å². The summed E-state index contributed by atoms with van der Waals surface area (Å²) in [5, 5.41) is 13.2. The van der Waals surface area contributed by atoms with Crippen LogP contribution in [0.5, 0.6) is 0 Å². The van der Waals surface area contributed by atoms with Gasteiger partial charge in [-0.2, -0.15) is 11.8 Å². The van der Waals surface area contributed by atoms with Crippen LogP contribution in [0.2, 0.25) is 0 Å². The topological polar surface area (TPSA) is 49.3 Å². The van der Waals surface area contributed by atoms with Gasteiger partial charge >= 0.3 is 5.97 Å². The van der Waals surface area contributed by atoms with E-state index < -0.39 is 5.97 Å². The second-order valence-corrected chi connectivity index (χ2v) is 7.17. The molecule has 2 rings (SSSR count). The van der Waals surface area contributed by atoms with Crippen molar-refractivity contribution in [2.75, 3.05) is 5.75 Å². The minimum atomic E-state index is -0.827. The number of carbonyl (C=O) groups is 1. The minimum absolute atomic E-state index is 0.428. The van der Waals surface area contributed by atoms with E-state index in [1.165, 1.54) is 36.4 Å². The Morgan fingerprint density at radius 2 is 2.39 bits per heavy atom. The monoisotopic (exact) mass is 285 g/mol. The second kappa shape index (κ2) is 6.59. The molecule has 2 atom stereocenters. The van der Waals surface area contributed by atoms with Crippen molar-refractivity contribution < 1.29 is 9.90 Å². The SMILES string of the molecule is CCSC1CCCC1NCc1ccc(C(=O)O)s1. The van der Waals surface area contributed by atoms with E-state index in [-0.39, 0.29) is 0 Å². The van der Waals surface area contributed by atoms with Gasteiger partial charge in [0.15, 0.2) is 0 Å². The van der Waals surface area contributed by atoms with E-state index in [4.69, 9.17) is 5.11 Å². The molecule has 18 heavy (non-hydrogen) atoms. The van der Waals surface area contributed by atoms with E-state index in [9.17, 15) is 4.79 Å².